The zero-order valence-electron chi connectivity index (χ0n) is 15.8. The average molecular weight is 412 g/mol. The number of para-hydroxylation sites is 1. The van der Waals surface area contributed by atoms with Crippen LogP contribution in [0.15, 0.2) is 54.7 Å². The molecule has 1 N–H and O–H groups in total. The highest BCUT2D eigenvalue weighted by molar-refractivity contribution is 7.15. The van der Waals surface area contributed by atoms with E-state index >= 15 is 0 Å². The lowest BCUT2D eigenvalue weighted by Gasteiger charge is -2.14. The number of nitrogens with zero attached hydrogens (tertiary/aromatic N) is 1. The summed E-state index contributed by atoms with van der Waals surface area (Å²) in [5, 5.41) is 3.35. The second-order valence-electron chi connectivity index (χ2n) is 6.83. The van der Waals surface area contributed by atoms with Crippen molar-refractivity contribution in [2.75, 3.05) is 18.5 Å². The van der Waals surface area contributed by atoms with E-state index in [1.54, 1.807) is 36.5 Å². The first-order chi connectivity index (χ1) is 14.2. The molecular weight excluding hydrogens is 391 g/mol. The molecule has 1 amide bonds. The van der Waals surface area contributed by atoms with Gasteiger partial charge in [0, 0.05) is 24.1 Å². The van der Waals surface area contributed by atoms with Crippen molar-refractivity contribution in [2.45, 2.75) is 25.4 Å². The van der Waals surface area contributed by atoms with E-state index < -0.39 is 0 Å². The van der Waals surface area contributed by atoms with E-state index in [0.29, 0.717) is 29.5 Å². The first kappa shape index (κ1) is 19.5. The summed E-state index contributed by atoms with van der Waals surface area (Å²) in [7, 11) is 0. The van der Waals surface area contributed by atoms with Gasteiger partial charge in [-0.25, -0.2) is 9.37 Å². The van der Waals surface area contributed by atoms with Crippen LogP contribution in [0.5, 0.6) is 5.75 Å². The standard InChI is InChI=1S/C22H21FN2O3S/c23-16-9-7-15(8-10-16)12-18-13-24-22(29-18)25-21(26)19-5-1-2-6-20(19)28-14-17-4-3-11-27-17/h1-2,5-10,13,17H,3-4,11-12,14H2,(H,24,25,26). The number of hydrogen-bond acceptors (Lipinski definition) is 5. The highest BCUT2D eigenvalue weighted by Crippen LogP contribution is 2.25. The lowest BCUT2D eigenvalue weighted by atomic mass is 10.1. The van der Waals surface area contributed by atoms with Crippen LogP contribution in [-0.4, -0.2) is 30.2 Å². The lowest BCUT2D eigenvalue weighted by molar-refractivity contribution is 0.0673. The van der Waals surface area contributed by atoms with Crippen molar-refractivity contribution in [3.8, 4) is 5.75 Å². The second kappa shape index (κ2) is 9.15. The van der Waals surface area contributed by atoms with Crippen LogP contribution in [0.2, 0.25) is 0 Å². The van der Waals surface area contributed by atoms with E-state index in [1.165, 1.54) is 23.5 Å². The third kappa shape index (κ3) is 5.19. The van der Waals surface area contributed by atoms with Gasteiger partial charge < -0.3 is 9.47 Å². The van der Waals surface area contributed by atoms with Crippen molar-refractivity contribution in [1.29, 1.82) is 0 Å². The molecule has 2 aromatic carbocycles. The minimum Gasteiger partial charge on any atom is -0.490 e. The molecule has 7 heteroatoms. The van der Waals surface area contributed by atoms with Crippen molar-refractivity contribution in [3.63, 3.8) is 0 Å². The van der Waals surface area contributed by atoms with Crippen LogP contribution in [0, 0.1) is 5.82 Å². The summed E-state index contributed by atoms with van der Waals surface area (Å²) >= 11 is 1.40. The van der Waals surface area contributed by atoms with E-state index in [9.17, 15) is 9.18 Å². The highest BCUT2D eigenvalue weighted by atomic mass is 32.1. The van der Waals surface area contributed by atoms with Crippen LogP contribution >= 0.6 is 11.3 Å². The fraction of sp³-hybridized carbons (Fsp3) is 0.273. The van der Waals surface area contributed by atoms with Gasteiger partial charge in [-0.15, -0.1) is 11.3 Å². The predicted octanol–water partition coefficient (Wildman–Crippen LogP) is 4.68. The molecule has 0 aliphatic carbocycles. The van der Waals surface area contributed by atoms with Gasteiger partial charge in [0.25, 0.3) is 5.91 Å². The quantitative estimate of drug-likeness (QED) is 0.612. The molecule has 1 fully saturated rings. The zero-order valence-corrected chi connectivity index (χ0v) is 16.6. The Bertz CT molecular complexity index is 968. The third-order valence-electron chi connectivity index (χ3n) is 4.65. The maximum atomic E-state index is 13.0. The summed E-state index contributed by atoms with van der Waals surface area (Å²) in [4.78, 5) is 18.0. The Morgan fingerprint density at radius 3 is 2.86 bits per heavy atom. The second-order valence-corrected chi connectivity index (χ2v) is 7.95. The molecule has 2 heterocycles. The number of rotatable bonds is 7. The average Bonchev–Trinajstić information content (AvgIpc) is 3.40. The molecule has 4 rings (SSSR count). The molecule has 0 saturated carbocycles. The summed E-state index contributed by atoms with van der Waals surface area (Å²) in [6.45, 7) is 1.20. The van der Waals surface area contributed by atoms with Gasteiger partial charge >= 0.3 is 0 Å². The Hall–Kier alpha value is -2.77. The first-order valence-electron chi connectivity index (χ1n) is 9.51. The number of halogens is 1. The number of nitrogens with one attached hydrogen (secondary N) is 1. The fourth-order valence-corrected chi connectivity index (χ4v) is 4.00. The summed E-state index contributed by atoms with van der Waals surface area (Å²) in [6.07, 6.45) is 4.46. The molecule has 0 radical (unpaired) electrons. The minimum atomic E-state index is -0.268. The molecule has 150 valence electrons. The molecule has 3 aromatic rings. The van der Waals surface area contributed by atoms with E-state index in [-0.39, 0.29) is 17.8 Å². The van der Waals surface area contributed by atoms with Gasteiger partial charge in [-0.3, -0.25) is 10.1 Å². The van der Waals surface area contributed by atoms with Crippen LogP contribution in [-0.2, 0) is 11.2 Å². The largest absolute Gasteiger partial charge is 0.490 e. The Morgan fingerprint density at radius 2 is 2.07 bits per heavy atom. The van der Waals surface area contributed by atoms with Gasteiger partial charge in [-0.1, -0.05) is 24.3 Å². The molecule has 1 unspecified atom stereocenters. The smallest absolute Gasteiger partial charge is 0.261 e. The number of thiazole rings is 1. The number of amides is 1. The summed E-state index contributed by atoms with van der Waals surface area (Å²) in [6, 6.07) is 13.5. The van der Waals surface area contributed by atoms with Crippen molar-refractivity contribution < 1.29 is 18.7 Å². The summed E-state index contributed by atoms with van der Waals surface area (Å²) in [5.74, 6) is 0.00518. The van der Waals surface area contributed by atoms with Crippen molar-refractivity contribution >= 4 is 22.4 Å². The Balaban J connectivity index is 1.39. The number of ether oxygens (including phenoxy) is 2. The number of anilines is 1. The normalized spacial score (nSPS) is 16.0. The Labute approximate surface area is 172 Å². The van der Waals surface area contributed by atoms with Crippen molar-refractivity contribution in [2.24, 2.45) is 0 Å². The van der Waals surface area contributed by atoms with E-state index in [4.69, 9.17) is 9.47 Å². The summed E-state index contributed by atoms with van der Waals surface area (Å²) < 4.78 is 24.4. The molecule has 0 bridgehead atoms. The third-order valence-corrected chi connectivity index (χ3v) is 5.56. The van der Waals surface area contributed by atoms with Gasteiger partial charge in [0.2, 0.25) is 0 Å². The number of benzene rings is 2. The Kier molecular flexibility index (Phi) is 6.17. The lowest BCUT2D eigenvalue weighted by Crippen LogP contribution is -2.19. The van der Waals surface area contributed by atoms with E-state index in [0.717, 1.165) is 29.9 Å². The topological polar surface area (TPSA) is 60.5 Å². The molecule has 1 aliphatic rings. The van der Waals surface area contributed by atoms with Gasteiger partial charge in [0.1, 0.15) is 18.2 Å². The summed E-state index contributed by atoms with van der Waals surface area (Å²) in [5.41, 5.74) is 1.45. The van der Waals surface area contributed by atoms with Crippen molar-refractivity contribution in [1.82, 2.24) is 4.98 Å². The molecule has 29 heavy (non-hydrogen) atoms. The van der Waals surface area contributed by atoms with Crippen molar-refractivity contribution in [3.05, 3.63) is 76.5 Å². The SMILES string of the molecule is O=C(Nc1ncc(Cc2ccc(F)cc2)s1)c1ccccc1OCC1CCCO1. The van der Waals surface area contributed by atoms with Crippen LogP contribution in [0.1, 0.15) is 33.6 Å². The van der Waals surface area contributed by atoms with Gasteiger partial charge in [0.05, 0.1) is 11.7 Å². The van der Waals surface area contributed by atoms with E-state index in [2.05, 4.69) is 10.3 Å². The number of carbonyl (C=O) groups is 1. The Morgan fingerprint density at radius 1 is 1.24 bits per heavy atom. The van der Waals surface area contributed by atoms with E-state index in [1.807, 2.05) is 6.07 Å². The van der Waals surface area contributed by atoms with Gasteiger partial charge in [-0.2, -0.15) is 0 Å². The molecule has 0 spiro atoms. The fourth-order valence-electron chi connectivity index (χ4n) is 3.15. The molecule has 1 aliphatic heterocycles. The maximum Gasteiger partial charge on any atom is 0.261 e. The van der Waals surface area contributed by atoms with Crippen LogP contribution < -0.4 is 10.1 Å². The molecule has 1 aromatic heterocycles. The molecule has 1 saturated heterocycles. The van der Waals surface area contributed by atoms with Gasteiger partial charge in [-0.05, 0) is 42.7 Å². The molecule has 5 nitrogen and oxygen atoms in total. The van der Waals surface area contributed by atoms with Crippen LogP contribution in [0.3, 0.4) is 0 Å². The highest BCUT2D eigenvalue weighted by Gasteiger charge is 2.19. The minimum absolute atomic E-state index is 0.0825. The zero-order chi connectivity index (χ0) is 20.1. The molecule has 1 atom stereocenters. The molecular formula is C22H21FN2O3S. The monoisotopic (exact) mass is 412 g/mol. The number of hydrogen-bond donors (Lipinski definition) is 1. The van der Waals surface area contributed by atoms with Crippen LogP contribution in [0.4, 0.5) is 9.52 Å². The predicted molar refractivity (Wildman–Crippen MR) is 110 cm³/mol. The first-order valence-corrected chi connectivity index (χ1v) is 10.3. The maximum absolute atomic E-state index is 13.0. The number of carbonyl (C=O) groups excluding carboxylic acids is 1. The van der Waals surface area contributed by atoms with Gasteiger partial charge in [0.15, 0.2) is 5.13 Å². The number of aromatic nitrogens is 1. The van der Waals surface area contributed by atoms with Crippen LogP contribution in [0.25, 0.3) is 0 Å².